The van der Waals surface area contributed by atoms with E-state index in [9.17, 15) is 4.79 Å². The standard InChI is InChI=1S/C14H17ClN2O2/c1-9(2)7-14(18)17-6-5-12(16-19)11-8-10(15)3-4-13(11)17/h3-4,8-9,19H,5-7H2,1-2H3/b16-12+. The summed E-state index contributed by atoms with van der Waals surface area (Å²) in [5, 5.41) is 12.9. The lowest BCUT2D eigenvalue weighted by Crippen LogP contribution is -2.38. The van der Waals surface area contributed by atoms with Gasteiger partial charge in [-0.3, -0.25) is 4.79 Å². The minimum atomic E-state index is 0.0931. The molecule has 0 saturated heterocycles. The molecule has 1 aromatic rings. The molecule has 0 spiro atoms. The monoisotopic (exact) mass is 280 g/mol. The minimum Gasteiger partial charge on any atom is -0.411 e. The Morgan fingerprint density at radius 1 is 1.53 bits per heavy atom. The predicted octanol–water partition coefficient (Wildman–Crippen LogP) is 3.30. The van der Waals surface area contributed by atoms with Gasteiger partial charge in [0, 0.05) is 30.0 Å². The van der Waals surface area contributed by atoms with E-state index >= 15 is 0 Å². The SMILES string of the molecule is CC(C)CC(=O)N1CC/C(=N\O)c2cc(Cl)ccc21. The molecular formula is C14H17ClN2O2. The molecule has 0 atom stereocenters. The molecule has 1 aliphatic heterocycles. The molecule has 19 heavy (non-hydrogen) atoms. The van der Waals surface area contributed by atoms with Gasteiger partial charge >= 0.3 is 0 Å². The number of carbonyl (C=O) groups is 1. The molecule has 1 amide bonds. The Labute approximate surface area is 117 Å². The number of halogens is 1. The van der Waals surface area contributed by atoms with E-state index in [0.717, 1.165) is 11.3 Å². The number of carbonyl (C=O) groups excluding carboxylic acids is 1. The summed E-state index contributed by atoms with van der Waals surface area (Å²) >= 11 is 5.97. The van der Waals surface area contributed by atoms with Crippen LogP contribution in [-0.4, -0.2) is 23.4 Å². The van der Waals surface area contributed by atoms with E-state index in [4.69, 9.17) is 16.8 Å². The zero-order valence-corrected chi connectivity index (χ0v) is 11.8. The van der Waals surface area contributed by atoms with Crippen LogP contribution in [0, 0.1) is 5.92 Å². The molecule has 0 saturated carbocycles. The van der Waals surface area contributed by atoms with Crippen molar-refractivity contribution in [3.8, 4) is 0 Å². The van der Waals surface area contributed by atoms with Gasteiger partial charge in [-0.1, -0.05) is 30.6 Å². The highest BCUT2D eigenvalue weighted by atomic mass is 35.5. The number of hydrogen-bond donors (Lipinski definition) is 1. The number of amides is 1. The van der Waals surface area contributed by atoms with Gasteiger partial charge in [0.15, 0.2) is 0 Å². The van der Waals surface area contributed by atoms with Gasteiger partial charge in [0.25, 0.3) is 0 Å². The fraction of sp³-hybridized carbons (Fsp3) is 0.429. The molecule has 4 nitrogen and oxygen atoms in total. The number of hydrogen-bond acceptors (Lipinski definition) is 3. The lowest BCUT2D eigenvalue weighted by molar-refractivity contribution is -0.119. The third-order valence-electron chi connectivity index (χ3n) is 3.14. The van der Waals surface area contributed by atoms with Crippen molar-refractivity contribution in [1.82, 2.24) is 0 Å². The van der Waals surface area contributed by atoms with Gasteiger partial charge in [0.1, 0.15) is 0 Å². The summed E-state index contributed by atoms with van der Waals surface area (Å²) in [5.74, 6) is 0.409. The molecule has 2 rings (SSSR count). The minimum absolute atomic E-state index is 0.0931. The summed E-state index contributed by atoms with van der Waals surface area (Å²) in [5.41, 5.74) is 2.08. The number of anilines is 1. The number of nitrogens with zero attached hydrogens (tertiary/aromatic N) is 2. The molecule has 5 heteroatoms. The summed E-state index contributed by atoms with van der Waals surface area (Å²) in [7, 11) is 0. The van der Waals surface area contributed by atoms with Crippen LogP contribution in [0.5, 0.6) is 0 Å². The maximum atomic E-state index is 12.2. The normalized spacial score (nSPS) is 16.8. The Hall–Kier alpha value is -1.55. The first-order valence-electron chi connectivity index (χ1n) is 6.34. The fourth-order valence-corrected chi connectivity index (χ4v) is 2.44. The molecule has 1 heterocycles. The average molecular weight is 281 g/mol. The number of benzene rings is 1. The van der Waals surface area contributed by atoms with Crippen LogP contribution in [-0.2, 0) is 4.79 Å². The van der Waals surface area contributed by atoms with Crippen molar-refractivity contribution in [2.75, 3.05) is 11.4 Å². The van der Waals surface area contributed by atoms with Crippen LogP contribution in [0.3, 0.4) is 0 Å². The molecule has 0 unspecified atom stereocenters. The van der Waals surface area contributed by atoms with E-state index in [1.807, 2.05) is 13.8 Å². The molecule has 1 N–H and O–H groups in total. The maximum absolute atomic E-state index is 12.2. The van der Waals surface area contributed by atoms with Crippen LogP contribution in [0.25, 0.3) is 0 Å². The van der Waals surface area contributed by atoms with Gasteiger partial charge in [-0.05, 0) is 24.1 Å². The molecule has 102 valence electrons. The zero-order valence-electron chi connectivity index (χ0n) is 11.1. The molecule has 0 aromatic heterocycles. The maximum Gasteiger partial charge on any atom is 0.227 e. The van der Waals surface area contributed by atoms with Crippen LogP contribution in [0.15, 0.2) is 23.4 Å². The Morgan fingerprint density at radius 3 is 2.89 bits per heavy atom. The molecule has 0 radical (unpaired) electrons. The van der Waals surface area contributed by atoms with Crippen LogP contribution >= 0.6 is 11.6 Å². The quantitative estimate of drug-likeness (QED) is 0.667. The van der Waals surface area contributed by atoms with E-state index in [1.165, 1.54) is 0 Å². The van der Waals surface area contributed by atoms with Gasteiger partial charge < -0.3 is 10.1 Å². The van der Waals surface area contributed by atoms with Crippen molar-refractivity contribution in [2.24, 2.45) is 11.1 Å². The number of fused-ring (bicyclic) bond motifs is 1. The first kappa shape index (κ1) is 13.9. The Morgan fingerprint density at radius 2 is 2.26 bits per heavy atom. The van der Waals surface area contributed by atoms with Crippen LogP contribution < -0.4 is 4.90 Å². The van der Waals surface area contributed by atoms with Gasteiger partial charge in [-0.25, -0.2) is 0 Å². The third-order valence-corrected chi connectivity index (χ3v) is 3.37. The second-order valence-corrected chi connectivity index (χ2v) is 5.54. The number of oxime groups is 1. The van der Waals surface area contributed by atoms with E-state index in [0.29, 0.717) is 36.0 Å². The van der Waals surface area contributed by atoms with Gasteiger partial charge in [-0.2, -0.15) is 0 Å². The highest BCUT2D eigenvalue weighted by Gasteiger charge is 2.26. The third kappa shape index (κ3) is 2.89. The Kier molecular flexibility index (Phi) is 4.10. The lowest BCUT2D eigenvalue weighted by Gasteiger charge is -2.30. The lowest BCUT2D eigenvalue weighted by atomic mass is 9.98. The fourth-order valence-electron chi connectivity index (χ4n) is 2.27. The second-order valence-electron chi connectivity index (χ2n) is 5.10. The average Bonchev–Trinajstić information content (AvgIpc) is 2.36. The predicted molar refractivity (Wildman–Crippen MR) is 76.2 cm³/mol. The highest BCUT2D eigenvalue weighted by molar-refractivity contribution is 6.31. The topological polar surface area (TPSA) is 52.9 Å². The van der Waals surface area contributed by atoms with Crippen molar-refractivity contribution in [3.63, 3.8) is 0 Å². The van der Waals surface area contributed by atoms with Crippen molar-refractivity contribution in [1.29, 1.82) is 0 Å². The second kappa shape index (κ2) is 5.61. The summed E-state index contributed by atoms with van der Waals surface area (Å²) in [4.78, 5) is 14.0. The van der Waals surface area contributed by atoms with Crippen LogP contribution in [0.4, 0.5) is 5.69 Å². The van der Waals surface area contributed by atoms with E-state index in [2.05, 4.69) is 5.16 Å². The van der Waals surface area contributed by atoms with Gasteiger partial charge in [0.05, 0.1) is 11.4 Å². The molecule has 1 aromatic carbocycles. The Bertz CT molecular complexity index is 526. The molecule has 0 aliphatic carbocycles. The summed E-state index contributed by atoms with van der Waals surface area (Å²) in [6.07, 6.45) is 1.04. The smallest absolute Gasteiger partial charge is 0.227 e. The summed E-state index contributed by atoms with van der Waals surface area (Å²) in [6.45, 7) is 4.58. The van der Waals surface area contributed by atoms with Crippen molar-refractivity contribution < 1.29 is 10.0 Å². The molecule has 0 fully saturated rings. The van der Waals surface area contributed by atoms with Crippen molar-refractivity contribution in [3.05, 3.63) is 28.8 Å². The van der Waals surface area contributed by atoms with Crippen molar-refractivity contribution >= 4 is 28.9 Å². The van der Waals surface area contributed by atoms with Crippen LogP contribution in [0.2, 0.25) is 5.02 Å². The Balaban J connectivity index is 2.39. The number of rotatable bonds is 2. The molecular weight excluding hydrogens is 264 g/mol. The van der Waals surface area contributed by atoms with Crippen LogP contribution in [0.1, 0.15) is 32.3 Å². The first-order chi connectivity index (χ1) is 9.02. The van der Waals surface area contributed by atoms with Gasteiger partial charge in [0.2, 0.25) is 5.91 Å². The van der Waals surface area contributed by atoms with Gasteiger partial charge in [-0.15, -0.1) is 0 Å². The largest absolute Gasteiger partial charge is 0.411 e. The van der Waals surface area contributed by atoms with E-state index in [1.54, 1.807) is 23.1 Å². The highest BCUT2D eigenvalue weighted by Crippen LogP contribution is 2.30. The summed E-state index contributed by atoms with van der Waals surface area (Å²) in [6, 6.07) is 5.29. The molecule has 0 bridgehead atoms. The van der Waals surface area contributed by atoms with Crippen molar-refractivity contribution in [2.45, 2.75) is 26.7 Å². The first-order valence-corrected chi connectivity index (χ1v) is 6.72. The summed E-state index contributed by atoms with van der Waals surface area (Å²) < 4.78 is 0. The van der Waals surface area contributed by atoms with E-state index in [-0.39, 0.29) is 5.91 Å². The van der Waals surface area contributed by atoms with E-state index < -0.39 is 0 Å². The zero-order chi connectivity index (χ0) is 14.0. The molecule has 1 aliphatic rings.